The lowest BCUT2D eigenvalue weighted by Crippen LogP contribution is -2.43. The molecule has 5 nitrogen and oxygen atoms in total. The second-order valence-corrected chi connectivity index (χ2v) is 5.64. The van der Waals surface area contributed by atoms with Crippen LogP contribution in [0.4, 0.5) is 5.82 Å². The van der Waals surface area contributed by atoms with Crippen LogP contribution in [-0.2, 0) is 0 Å². The summed E-state index contributed by atoms with van der Waals surface area (Å²) in [5.74, 6) is -0.125. The van der Waals surface area contributed by atoms with Crippen LogP contribution in [-0.4, -0.2) is 40.4 Å². The number of carboxylic acid groups (broad SMARTS) is 1. The van der Waals surface area contributed by atoms with Gasteiger partial charge in [0.2, 0.25) is 0 Å². The lowest BCUT2D eigenvalue weighted by atomic mass is 9.95. The SMILES string of the molecule is CC1CCN(c2nc(C(=O)O)cc3ccccc23)CC1O. The van der Waals surface area contributed by atoms with Crippen molar-refractivity contribution in [2.24, 2.45) is 5.92 Å². The van der Waals surface area contributed by atoms with Gasteiger partial charge in [-0.15, -0.1) is 0 Å². The number of nitrogens with zero attached hydrogens (tertiary/aromatic N) is 2. The van der Waals surface area contributed by atoms with E-state index >= 15 is 0 Å². The molecule has 1 aromatic heterocycles. The molecule has 3 rings (SSSR count). The van der Waals surface area contributed by atoms with Gasteiger partial charge in [-0.2, -0.15) is 0 Å². The first-order chi connectivity index (χ1) is 10.1. The van der Waals surface area contributed by atoms with Crippen LogP contribution in [0.15, 0.2) is 30.3 Å². The van der Waals surface area contributed by atoms with Crippen LogP contribution in [0, 0.1) is 5.92 Å². The van der Waals surface area contributed by atoms with Gasteiger partial charge in [0.1, 0.15) is 5.82 Å². The van der Waals surface area contributed by atoms with Crippen molar-refractivity contribution < 1.29 is 15.0 Å². The third-order valence-electron chi connectivity index (χ3n) is 4.16. The Morgan fingerprint density at radius 3 is 2.86 bits per heavy atom. The second kappa shape index (κ2) is 5.33. The van der Waals surface area contributed by atoms with Crippen molar-refractivity contribution in [1.29, 1.82) is 0 Å². The maximum Gasteiger partial charge on any atom is 0.354 e. The summed E-state index contributed by atoms with van der Waals surface area (Å²) in [5.41, 5.74) is 0.0387. The molecule has 1 fully saturated rings. The quantitative estimate of drug-likeness (QED) is 0.885. The summed E-state index contributed by atoms with van der Waals surface area (Å²) < 4.78 is 0. The predicted octanol–water partition coefficient (Wildman–Crippen LogP) is 2.14. The molecule has 21 heavy (non-hydrogen) atoms. The molecule has 1 saturated heterocycles. The van der Waals surface area contributed by atoms with Gasteiger partial charge in [-0.3, -0.25) is 0 Å². The van der Waals surface area contributed by atoms with Crippen molar-refractivity contribution in [3.63, 3.8) is 0 Å². The number of anilines is 1. The zero-order valence-electron chi connectivity index (χ0n) is 11.9. The van der Waals surface area contributed by atoms with Crippen LogP contribution in [0.5, 0.6) is 0 Å². The normalized spacial score (nSPS) is 22.5. The van der Waals surface area contributed by atoms with Crippen molar-refractivity contribution in [2.45, 2.75) is 19.4 Å². The van der Waals surface area contributed by atoms with Gasteiger partial charge < -0.3 is 15.1 Å². The fourth-order valence-electron chi connectivity index (χ4n) is 2.77. The molecular formula is C16H18N2O3. The first kappa shape index (κ1) is 13.8. The second-order valence-electron chi connectivity index (χ2n) is 5.64. The Balaban J connectivity index is 2.10. The number of aliphatic hydroxyl groups excluding tert-OH is 1. The summed E-state index contributed by atoms with van der Waals surface area (Å²) in [6.45, 7) is 3.29. The van der Waals surface area contributed by atoms with Gasteiger partial charge in [0.15, 0.2) is 5.69 Å². The van der Waals surface area contributed by atoms with Crippen molar-refractivity contribution in [3.8, 4) is 0 Å². The highest BCUT2D eigenvalue weighted by molar-refractivity contribution is 5.98. The fourth-order valence-corrected chi connectivity index (χ4v) is 2.77. The molecule has 0 spiro atoms. The molecule has 0 bridgehead atoms. The molecule has 5 heteroatoms. The third-order valence-corrected chi connectivity index (χ3v) is 4.16. The number of aromatic carboxylic acids is 1. The highest BCUT2D eigenvalue weighted by atomic mass is 16.4. The number of hydrogen-bond acceptors (Lipinski definition) is 4. The molecule has 2 heterocycles. The maximum absolute atomic E-state index is 11.3. The number of hydrogen-bond donors (Lipinski definition) is 2. The Hall–Kier alpha value is -2.14. The van der Waals surface area contributed by atoms with Crippen LogP contribution in [0.25, 0.3) is 10.8 Å². The van der Waals surface area contributed by atoms with E-state index in [9.17, 15) is 15.0 Å². The number of carbonyl (C=O) groups is 1. The Morgan fingerprint density at radius 1 is 1.38 bits per heavy atom. The van der Waals surface area contributed by atoms with Crippen LogP contribution in [0.1, 0.15) is 23.8 Å². The number of pyridine rings is 1. The van der Waals surface area contributed by atoms with E-state index < -0.39 is 12.1 Å². The van der Waals surface area contributed by atoms with Crippen molar-refractivity contribution in [3.05, 3.63) is 36.0 Å². The van der Waals surface area contributed by atoms with E-state index in [4.69, 9.17) is 0 Å². The van der Waals surface area contributed by atoms with E-state index in [2.05, 4.69) is 4.98 Å². The summed E-state index contributed by atoms with van der Waals surface area (Å²) in [6, 6.07) is 9.20. The van der Waals surface area contributed by atoms with Gasteiger partial charge in [-0.05, 0) is 23.8 Å². The average Bonchev–Trinajstić information content (AvgIpc) is 2.49. The molecule has 1 aliphatic heterocycles. The first-order valence-corrected chi connectivity index (χ1v) is 7.12. The van der Waals surface area contributed by atoms with E-state index in [1.54, 1.807) is 6.07 Å². The first-order valence-electron chi connectivity index (χ1n) is 7.12. The van der Waals surface area contributed by atoms with Crippen LogP contribution < -0.4 is 4.90 Å². The molecule has 0 aliphatic carbocycles. The smallest absolute Gasteiger partial charge is 0.354 e. The summed E-state index contributed by atoms with van der Waals surface area (Å²) in [7, 11) is 0. The highest BCUT2D eigenvalue weighted by Gasteiger charge is 2.26. The largest absolute Gasteiger partial charge is 0.477 e. The minimum absolute atomic E-state index is 0.0387. The van der Waals surface area contributed by atoms with E-state index in [0.717, 1.165) is 23.7 Å². The number of β-amino-alcohol motifs (C(OH)–C–C–N with tert-alkyl or cyclic N) is 1. The average molecular weight is 286 g/mol. The maximum atomic E-state index is 11.3. The Labute approximate surface area is 122 Å². The Kier molecular flexibility index (Phi) is 3.51. The number of carboxylic acids is 1. The van der Waals surface area contributed by atoms with E-state index in [1.807, 2.05) is 36.1 Å². The fraction of sp³-hybridized carbons (Fsp3) is 0.375. The molecular weight excluding hydrogens is 268 g/mol. The van der Waals surface area contributed by atoms with E-state index in [-0.39, 0.29) is 11.6 Å². The Bertz CT molecular complexity index is 686. The lowest BCUT2D eigenvalue weighted by molar-refractivity contribution is 0.0690. The number of aliphatic hydroxyl groups is 1. The molecule has 1 aromatic carbocycles. The summed E-state index contributed by atoms with van der Waals surface area (Å²) in [6.07, 6.45) is 0.460. The number of fused-ring (bicyclic) bond motifs is 1. The van der Waals surface area contributed by atoms with Crippen molar-refractivity contribution in [2.75, 3.05) is 18.0 Å². The topological polar surface area (TPSA) is 73.7 Å². The van der Waals surface area contributed by atoms with Crippen molar-refractivity contribution in [1.82, 2.24) is 4.98 Å². The number of aromatic nitrogens is 1. The third kappa shape index (κ3) is 2.56. The standard InChI is InChI=1S/C16H18N2O3/c1-10-6-7-18(9-14(10)19)15-12-5-3-2-4-11(12)8-13(17-15)16(20)21/h2-5,8,10,14,19H,6-7,9H2,1H3,(H,20,21). The van der Waals surface area contributed by atoms with Gasteiger partial charge >= 0.3 is 5.97 Å². The Morgan fingerprint density at radius 2 is 2.14 bits per heavy atom. The molecule has 0 amide bonds. The molecule has 2 aromatic rings. The summed E-state index contributed by atoms with van der Waals surface area (Å²) >= 11 is 0. The minimum atomic E-state index is -1.03. The molecule has 2 N–H and O–H groups in total. The molecule has 110 valence electrons. The number of piperidine rings is 1. The molecule has 1 aliphatic rings. The molecule has 0 saturated carbocycles. The number of rotatable bonds is 2. The summed E-state index contributed by atoms with van der Waals surface area (Å²) in [4.78, 5) is 17.5. The lowest BCUT2D eigenvalue weighted by Gasteiger charge is -2.35. The predicted molar refractivity (Wildman–Crippen MR) is 80.7 cm³/mol. The number of benzene rings is 1. The van der Waals surface area contributed by atoms with Crippen LogP contribution in [0.3, 0.4) is 0 Å². The van der Waals surface area contributed by atoms with Gasteiger partial charge in [0.05, 0.1) is 6.10 Å². The minimum Gasteiger partial charge on any atom is -0.477 e. The molecule has 0 radical (unpaired) electrons. The summed E-state index contributed by atoms with van der Waals surface area (Å²) in [5, 5.41) is 21.1. The van der Waals surface area contributed by atoms with Gasteiger partial charge in [0, 0.05) is 18.5 Å². The van der Waals surface area contributed by atoms with E-state index in [0.29, 0.717) is 12.4 Å². The van der Waals surface area contributed by atoms with Crippen LogP contribution >= 0.6 is 0 Å². The zero-order valence-corrected chi connectivity index (χ0v) is 11.9. The highest BCUT2D eigenvalue weighted by Crippen LogP contribution is 2.29. The molecule has 2 atom stereocenters. The van der Waals surface area contributed by atoms with Gasteiger partial charge in [-0.25, -0.2) is 9.78 Å². The van der Waals surface area contributed by atoms with E-state index in [1.165, 1.54) is 0 Å². The van der Waals surface area contributed by atoms with Crippen molar-refractivity contribution >= 4 is 22.6 Å². The van der Waals surface area contributed by atoms with Crippen LogP contribution in [0.2, 0.25) is 0 Å². The zero-order chi connectivity index (χ0) is 15.0. The monoisotopic (exact) mass is 286 g/mol. The van der Waals surface area contributed by atoms with Gasteiger partial charge in [-0.1, -0.05) is 31.2 Å². The van der Waals surface area contributed by atoms with Gasteiger partial charge in [0.25, 0.3) is 0 Å². The molecule has 2 unspecified atom stereocenters.